The van der Waals surface area contributed by atoms with Crippen molar-refractivity contribution in [2.24, 2.45) is 5.92 Å². The van der Waals surface area contributed by atoms with E-state index in [-0.39, 0.29) is 5.91 Å². The fourth-order valence-corrected chi connectivity index (χ4v) is 3.57. The summed E-state index contributed by atoms with van der Waals surface area (Å²) in [6.45, 7) is 3.31. The lowest BCUT2D eigenvalue weighted by molar-refractivity contribution is 0.0924. The van der Waals surface area contributed by atoms with Gasteiger partial charge in [-0.2, -0.15) is 0 Å². The molecule has 2 fully saturated rings. The molecule has 0 radical (unpaired) electrons. The lowest BCUT2D eigenvalue weighted by Gasteiger charge is -2.23. The van der Waals surface area contributed by atoms with Crippen LogP contribution < -0.4 is 5.32 Å². The van der Waals surface area contributed by atoms with Crippen LogP contribution >= 0.6 is 0 Å². The Morgan fingerprint density at radius 3 is 2.95 bits per heavy atom. The Morgan fingerprint density at radius 2 is 2.24 bits per heavy atom. The van der Waals surface area contributed by atoms with Crippen molar-refractivity contribution in [1.82, 2.24) is 14.6 Å². The van der Waals surface area contributed by atoms with Gasteiger partial charge in [-0.05, 0) is 43.1 Å². The number of hydrogen-bond acceptors (Lipinski definition) is 2. The molecule has 4 heterocycles. The summed E-state index contributed by atoms with van der Waals surface area (Å²) in [6.07, 6.45) is 8.51. The van der Waals surface area contributed by atoms with Gasteiger partial charge in [0.15, 0.2) is 0 Å². The number of amides is 1. The van der Waals surface area contributed by atoms with Crippen LogP contribution in [0.1, 0.15) is 22.5 Å². The largest absolute Gasteiger partial charge is 0.348 e. The average Bonchev–Trinajstić information content (AvgIpc) is 3.21. The lowest BCUT2D eigenvalue weighted by atomic mass is 10.00. The van der Waals surface area contributed by atoms with E-state index in [0.717, 1.165) is 24.3 Å². The minimum atomic E-state index is 0.0136. The molecule has 2 aliphatic rings. The van der Waals surface area contributed by atoms with E-state index in [1.807, 2.05) is 34.9 Å². The Bertz CT molecular complexity index is 755. The molecule has 2 aromatic heterocycles. The van der Waals surface area contributed by atoms with Gasteiger partial charge >= 0.3 is 0 Å². The molecule has 0 aliphatic carbocycles. The Hall–Kier alpha value is -2.25. The molecule has 2 bridgehead atoms. The van der Waals surface area contributed by atoms with Crippen molar-refractivity contribution in [2.75, 3.05) is 19.6 Å². The van der Waals surface area contributed by atoms with E-state index in [0.29, 0.717) is 17.5 Å². The van der Waals surface area contributed by atoms with Gasteiger partial charge in [0.05, 0.1) is 5.69 Å². The highest BCUT2D eigenvalue weighted by Gasteiger charge is 2.38. The summed E-state index contributed by atoms with van der Waals surface area (Å²) >= 11 is 0. The Labute approximate surface area is 123 Å². The topological polar surface area (TPSA) is 36.8 Å². The lowest BCUT2D eigenvalue weighted by Crippen LogP contribution is -2.43. The van der Waals surface area contributed by atoms with Gasteiger partial charge in [0.2, 0.25) is 0 Å². The summed E-state index contributed by atoms with van der Waals surface area (Å²) in [6, 6.07) is 7.85. The highest BCUT2D eigenvalue weighted by atomic mass is 16.1. The van der Waals surface area contributed by atoms with Crippen LogP contribution in [0.3, 0.4) is 0 Å². The van der Waals surface area contributed by atoms with Gasteiger partial charge in [-0.15, -0.1) is 6.42 Å². The van der Waals surface area contributed by atoms with Crippen molar-refractivity contribution in [3.63, 3.8) is 0 Å². The first-order valence-electron chi connectivity index (χ1n) is 7.35. The highest BCUT2D eigenvalue weighted by Crippen LogP contribution is 2.28. The van der Waals surface area contributed by atoms with Gasteiger partial charge in [0.25, 0.3) is 5.91 Å². The first-order valence-corrected chi connectivity index (χ1v) is 7.35. The molecule has 2 unspecified atom stereocenters. The Balaban J connectivity index is 1.55. The van der Waals surface area contributed by atoms with Gasteiger partial charge in [0.1, 0.15) is 0 Å². The highest BCUT2D eigenvalue weighted by molar-refractivity contribution is 5.95. The third-order valence-electron chi connectivity index (χ3n) is 4.72. The molecular formula is C17H17N3O. The number of piperidine rings is 1. The normalized spacial score (nSPS) is 26.9. The third kappa shape index (κ3) is 2.01. The average molecular weight is 279 g/mol. The van der Waals surface area contributed by atoms with Crippen molar-refractivity contribution in [3.8, 4) is 12.3 Å². The summed E-state index contributed by atoms with van der Waals surface area (Å²) in [5, 5.41) is 3.18. The van der Waals surface area contributed by atoms with E-state index in [9.17, 15) is 4.79 Å². The molecule has 0 spiro atoms. The van der Waals surface area contributed by atoms with Crippen LogP contribution in [0.15, 0.2) is 30.5 Å². The predicted molar refractivity (Wildman–Crippen MR) is 81.1 cm³/mol. The maximum Gasteiger partial charge on any atom is 0.251 e. The van der Waals surface area contributed by atoms with Crippen LogP contribution in [0.5, 0.6) is 0 Å². The molecule has 3 atom stereocenters. The van der Waals surface area contributed by atoms with Crippen molar-refractivity contribution in [1.29, 1.82) is 0 Å². The number of nitrogens with one attached hydrogen (secondary N) is 1. The maximum atomic E-state index is 12.4. The van der Waals surface area contributed by atoms with Gasteiger partial charge in [0, 0.05) is 36.4 Å². The monoisotopic (exact) mass is 279 g/mol. The molecule has 0 saturated carbocycles. The Morgan fingerprint density at radius 1 is 1.33 bits per heavy atom. The van der Waals surface area contributed by atoms with Crippen molar-refractivity contribution in [2.45, 2.75) is 12.5 Å². The number of nitrogens with zero attached hydrogens (tertiary/aromatic N) is 2. The summed E-state index contributed by atoms with van der Waals surface area (Å²) in [5.41, 5.74) is 2.45. The third-order valence-corrected chi connectivity index (χ3v) is 4.72. The van der Waals surface area contributed by atoms with Crippen LogP contribution in [0.25, 0.3) is 5.52 Å². The molecule has 4 nitrogen and oxygen atoms in total. The molecule has 106 valence electrons. The molecular weight excluding hydrogens is 262 g/mol. The number of carbonyl (C=O) groups is 1. The van der Waals surface area contributed by atoms with E-state index >= 15 is 0 Å². The van der Waals surface area contributed by atoms with Gasteiger partial charge in [-0.25, -0.2) is 0 Å². The summed E-state index contributed by atoms with van der Waals surface area (Å²) in [7, 11) is 0. The summed E-state index contributed by atoms with van der Waals surface area (Å²) in [5.74, 6) is 3.27. The molecule has 1 N–H and O–H groups in total. The smallest absolute Gasteiger partial charge is 0.251 e. The molecule has 2 aromatic rings. The van der Waals surface area contributed by atoms with Gasteiger partial charge in [-0.3, -0.25) is 4.79 Å². The number of terminal acetylenes is 1. The standard InChI is InChI=1S/C17H17N3O/c1-2-14-3-4-15-9-12(6-8-20(14)15)17(21)18-16-11-19-7-5-13(16)10-19/h1,3-4,6,8-9,13,16H,5,7,10-11H2,(H,18,21)/t13-,16?/m0/s1. The second kappa shape index (κ2) is 4.64. The van der Waals surface area contributed by atoms with E-state index in [1.165, 1.54) is 13.0 Å². The number of carbonyl (C=O) groups excluding carboxylic acids is 1. The molecule has 4 heteroatoms. The first-order chi connectivity index (χ1) is 10.2. The molecule has 4 rings (SSSR count). The quantitative estimate of drug-likeness (QED) is 0.843. The number of aromatic nitrogens is 1. The molecule has 21 heavy (non-hydrogen) atoms. The maximum absolute atomic E-state index is 12.4. The van der Waals surface area contributed by atoms with Crippen LogP contribution in [-0.4, -0.2) is 40.9 Å². The first kappa shape index (κ1) is 12.5. The number of fused-ring (bicyclic) bond motifs is 3. The van der Waals surface area contributed by atoms with Crippen LogP contribution in [0.2, 0.25) is 0 Å². The predicted octanol–water partition coefficient (Wildman–Crippen LogP) is 1.35. The number of hydrogen-bond donors (Lipinski definition) is 1. The zero-order chi connectivity index (χ0) is 14.4. The van der Waals surface area contributed by atoms with Gasteiger partial charge in [-0.1, -0.05) is 5.92 Å². The molecule has 2 aliphatic heterocycles. The fraction of sp³-hybridized carbons (Fsp3) is 0.353. The van der Waals surface area contributed by atoms with Crippen molar-refractivity contribution < 1.29 is 4.79 Å². The summed E-state index contributed by atoms with van der Waals surface area (Å²) in [4.78, 5) is 14.8. The number of rotatable bonds is 2. The minimum Gasteiger partial charge on any atom is -0.348 e. The zero-order valence-electron chi connectivity index (χ0n) is 11.7. The van der Waals surface area contributed by atoms with Crippen LogP contribution in [-0.2, 0) is 0 Å². The minimum absolute atomic E-state index is 0.0136. The molecule has 2 saturated heterocycles. The second-order valence-electron chi connectivity index (χ2n) is 5.96. The molecule has 1 amide bonds. The van der Waals surface area contributed by atoms with Crippen LogP contribution in [0.4, 0.5) is 0 Å². The Kier molecular flexibility index (Phi) is 2.76. The van der Waals surface area contributed by atoms with Crippen molar-refractivity contribution in [3.05, 3.63) is 41.7 Å². The van der Waals surface area contributed by atoms with E-state index in [2.05, 4.69) is 16.1 Å². The van der Waals surface area contributed by atoms with Gasteiger partial charge < -0.3 is 14.6 Å². The summed E-state index contributed by atoms with van der Waals surface area (Å²) < 4.78 is 1.92. The fourth-order valence-electron chi connectivity index (χ4n) is 3.57. The SMILES string of the molecule is C#Cc1ccc2cc(C(=O)NC3CN4CC[C@H]3C4)ccn12. The van der Waals surface area contributed by atoms with E-state index < -0.39 is 0 Å². The van der Waals surface area contributed by atoms with E-state index in [4.69, 9.17) is 6.42 Å². The second-order valence-corrected chi connectivity index (χ2v) is 5.96. The van der Waals surface area contributed by atoms with E-state index in [1.54, 1.807) is 0 Å². The molecule has 0 aromatic carbocycles. The number of pyridine rings is 1. The van der Waals surface area contributed by atoms with Crippen LogP contribution in [0, 0.1) is 18.3 Å². The zero-order valence-corrected chi connectivity index (χ0v) is 11.7. The van der Waals surface area contributed by atoms with Crippen molar-refractivity contribution >= 4 is 11.4 Å².